The normalized spacial score (nSPS) is 11.0. The largest absolute Gasteiger partial charge is 1.00 e. The van der Waals surface area contributed by atoms with Gasteiger partial charge in [-0.2, -0.15) is 16.8 Å². The van der Waals surface area contributed by atoms with Crippen molar-refractivity contribution in [3.8, 4) is 0 Å². The fraction of sp³-hybridized carbons (Fsp3) is 0.929. The molecule has 0 unspecified atom stereocenters. The van der Waals surface area contributed by atoms with Gasteiger partial charge in [0.15, 0.2) is 11.5 Å². The van der Waals surface area contributed by atoms with Crippen molar-refractivity contribution in [3.05, 3.63) is 0 Å². The molecule has 0 aromatic rings. The second-order valence-corrected chi connectivity index (χ2v) is 13.2. The average Bonchev–Trinajstić information content (AvgIpc) is 2.84. The van der Waals surface area contributed by atoms with E-state index in [0.717, 1.165) is 38.5 Å². The van der Waals surface area contributed by atoms with Crippen molar-refractivity contribution in [2.24, 2.45) is 0 Å². The molecular weight excluding hydrogens is 606 g/mol. The van der Waals surface area contributed by atoms with Crippen LogP contribution in [0.1, 0.15) is 145 Å². The molecular formula is C28H58Na2O10S2. The second-order valence-electron chi connectivity index (χ2n) is 10.3. The van der Waals surface area contributed by atoms with Crippen LogP contribution in [0.4, 0.5) is 0 Å². The molecule has 0 heterocycles. The molecule has 0 radical (unpaired) electrons. The van der Waals surface area contributed by atoms with Gasteiger partial charge in [0, 0.05) is 0 Å². The number of esters is 2. The first-order chi connectivity index (χ1) is 18.9. The summed E-state index contributed by atoms with van der Waals surface area (Å²) < 4.78 is 67.9. The Morgan fingerprint density at radius 3 is 0.905 bits per heavy atom. The SMILES string of the molecule is CCCCCCCCCCCCOC(=O)CS(=O)(=O)O.CCCCCCCCCCCCOC(=O)CS(=O)(=O)O.[H-].[H-].[Na+].[Na+]. The van der Waals surface area contributed by atoms with Crippen LogP contribution in [-0.4, -0.2) is 62.6 Å². The maximum absolute atomic E-state index is 11.0. The van der Waals surface area contributed by atoms with Crippen LogP contribution >= 0.6 is 0 Å². The van der Waals surface area contributed by atoms with E-state index in [4.69, 9.17) is 18.6 Å². The summed E-state index contributed by atoms with van der Waals surface area (Å²) in [5.74, 6) is -3.68. The predicted octanol–water partition coefficient (Wildman–Crippen LogP) is 0.910. The molecule has 244 valence electrons. The van der Waals surface area contributed by atoms with Gasteiger partial charge in [-0.05, 0) is 12.8 Å². The zero-order valence-corrected chi connectivity index (χ0v) is 32.6. The summed E-state index contributed by atoms with van der Waals surface area (Å²) in [6.07, 6.45) is 23.7. The molecule has 0 aliphatic heterocycles. The van der Waals surface area contributed by atoms with Crippen LogP contribution < -0.4 is 59.1 Å². The van der Waals surface area contributed by atoms with Gasteiger partial charge in [0.05, 0.1) is 13.2 Å². The average molecular weight is 665 g/mol. The van der Waals surface area contributed by atoms with Crippen molar-refractivity contribution in [3.63, 3.8) is 0 Å². The third kappa shape index (κ3) is 47.7. The number of hydrogen-bond donors (Lipinski definition) is 2. The molecule has 0 spiro atoms. The van der Waals surface area contributed by atoms with Gasteiger partial charge in [0.1, 0.15) is 0 Å². The minimum atomic E-state index is -4.26. The van der Waals surface area contributed by atoms with Crippen LogP contribution in [0.5, 0.6) is 0 Å². The van der Waals surface area contributed by atoms with Gasteiger partial charge in [-0.25, -0.2) is 0 Å². The van der Waals surface area contributed by atoms with Gasteiger partial charge in [-0.1, -0.05) is 129 Å². The van der Waals surface area contributed by atoms with E-state index in [2.05, 4.69) is 13.8 Å². The summed E-state index contributed by atoms with van der Waals surface area (Å²) in [5.41, 5.74) is 0. The van der Waals surface area contributed by atoms with Gasteiger partial charge < -0.3 is 12.3 Å². The summed E-state index contributed by atoms with van der Waals surface area (Å²) in [4.78, 5) is 21.9. The third-order valence-electron chi connectivity index (χ3n) is 6.12. The van der Waals surface area contributed by atoms with E-state index in [-0.39, 0.29) is 75.2 Å². The first-order valence-corrected chi connectivity index (χ1v) is 18.3. The summed E-state index contributed by atoms with van der Waals surface area (Å²) in [7, 11) is -8.52. The van der Waals surface area contributed by atoms with E-state index in [1.54, 1.807) is 0 Å². The fourth-order valence-electron chi connectivity index (χ4n) is 3.93. The van der Waals surface area contributed by atoms with Crippen LogP contribution in [0.15, 0.2) is 0 Å². The van der Waals surface area contributed by atoms with Crippen LogP contribution in [0, 0.1) is 0 Å². The first-order valence-electron chi connectivity index (χ1n) is 15.1. The van der Waals surface area contributed by atoms with E-state index >= 15 is 0 Å². The van der Waals surface area contributed by atoms with Crippen molar-refractivity contribution in [2.75, 3.05) is 24.7 Å². The Hall–Kier alpha value is 0.760. The number of hydrogen-bond acceptors (Lipinski definition) is 8. The Kier molecular flexibility index (Phi) is 40.9. The molecule has 0 atom stereocenters. The van der Waals surface area contributed by atoms with Crippen LogP contribution in [0.2, 0.25) is 0 Å². The van der Waals surface area contributed by atoms with E-state index in [9.17, 15) is 26.4 Å². The maximum Gasteiger partial charge on any atom is 1.00 e. The monoisotopic (exact) mass is 664 g/mol. The van der Waals surface area contributed by atoms with E-state index < -0.39 is 43.7 Å². The number of unbranched alkanes of at least 4 members (excludes halogenated alkanes) is 18. The van der Waals surface area contributed by atoms with Gasteiger partial charge in [0.25, 0.3) is 20.2 Å². The molecule has 0 aromatic heterocycles. The van der Waals surface area contributed by atoms with Gasteiger partial charge in [-0.3, -0.25) is 18.7 Å². The summed E-state index contributed by atoms with van der Waals surface area (Å²) in [6, 6.07) is 0. The topological polar surface area (TPSA) is 161 Å². The number of rotatable bonds is 26. The molecule has 2 N–H and O–H groups in total. The van der Waals surface area contributed by atoms with Gasteiger partial charge in [-0.15, -0.1) is 0 Å². The number of ether oxygens (including phenoxy) is 2. The Morgan fingerprint density at radius 2 is 0.690 bits per heavy atom. The molecule has 0 aromatic carbocycles. The van der Waals surface area contributed by atoms with Crippen molar-refractivity contribution >= 4 is 32.2 Å². The van der Waals surface area contributed by atoms with Crippen molar-refractivity contribution in [2.45, 2.75) is 142 Å². The van der Waals surface area contributed by atoms with E-state index in [1.807, 2.05) is 0 Å². The summed E-state index contributed by atoms with van der Waals surface area (Å²) in [6.45, 7) is 4.88. The Labute approximate surface area is 303 Å². The molecule has 0 saturated heterocycles. The van der Waals surface area contributed by atoms with E-state index in [0.29, 0.717) is 0 Å². The van der Waals surface area contributed by atoms with Crippen molar-refractivity contribution < 1.29 is 107 Å². The quantitative estimate of drug-likeness (QED) is 0.0589. The van der Waals surface area contributed by atoms with Crippen LogP contribution in [0.3, 0.4) is 0 Å². The number of carbonyl (C=O) groups is 2. The summed E-state index contributed by atoms with van der Waals surface area (Å²) in [5, 5.41) is 0. The standard InChI is InChI=1S/2C14H28O5S.2Na.2H/c2*1-2-3-4-5-6-7-8-9-10-11-12-19-14(15)13-20(16,17)18;;;;/h2*2-13H2,1H3,(H,16,17,18);;;;/q;;2*+1;2*-1. The van der Waals surface area contributed by atoms with Crippen LogP contribution in [-0.2, 0) is 39.3 Å². The van der Waals surface area contributed by atoms with Crippen LogP contribution in [0.25, 0.3) is 0 Å². The Balaban J connectivity index is -0.000000150. The zero-order chi connectivity index (χ0) is 30.5. The molecule has 0 rings (SSSR count). The summed E-state index contributed by atoms with van der Waals surface area (Å²) >= 11 is 0. The minimum absolute atomic E-state index is 0. The smallest absolute Gasteiger partial charge is 1.00 e. The van der Waals surface area contributed by atoms with Gasteiger partial charge >= 0.3 is 71.1 Å². The zero-order valence-electron chi connectivity index (χ0n) is 28.9. The molecule has 10 nitrogen and oxygen atoms in total. The fourth-order valence-corrected chi connectivity index (χ4v) is 4.69. The third-order valence-corrected chi connectivity index (χ3v) is 7.32. The molecule has 0 bridgehead atoms. The van der Waals surface area contributed by atoms with E-state index in [1.165, 1.54) is 89.9 Å². The molecule has 0 fully saturated rings. The molecule has 14 heteroatoms. The molecule has 42 heavy (non-hydrogen) atoms. The molecule has 0 aliphatic rings. The predicted molar refractivity (Wildman–Crippen MR) is 161 cm³/mol. The Bertz CT molecular complexity index is 766. The Morgan fingerprint density at radius 1 is 0.476 bits per heavy atom. The molecule has 0 aliphatic carbocycles. The first kappa shape index (κ1) is 49.6. The minimum Gasteiger partial charge on any atom is -1.00 e. The molecule has 0 saturated carbocycles. The number of carbonyl (C=O) groups excluding carboxylic acids is 2. The second kappa shape index (κ2) is 34.6. The van der Waals surface area contributed by atoms with Gasteiger partial charge in [0.2, 0.25) is 0 Å². The molecule has 0 amide bonds. The van der Waals surface area contributed by atoms with Crippen molar-refractivity contribution in [1.82, 2.24) is 0 Å². The van der Waals surface area contributed by atoms with Crippen molar-refractivity contribution in [1.29, 1.82) is 0 Å². The maximum atomic E-state index is 11.0.